The van der Waals surface area contributed by atoms with Crippen LogP contribution in [0.4, 0.5) is 5.69 Å². The number of nitro groups is 1. The Balaban J connectivity index is 2.09. The number of nitro benzene ring substituents is 1. The van der Waals surface area contributed by atoms with Crippen LogP contribution in [0.2, 0.25) is 0 Å². The zero-order chi connectivity index (χ0) is 15.1. The number of aryl methyl sites for hydroxylation is 1. The second kappa shape index (κ2) is 7.77. The first-order valence-corrected chi connectivity index (χ1v) is 7.89. The van der Waals surface area contributed by atoms with E-state index in [1.807, 2.05) is 36.4 Å². The van der Waals surface area contributed by atoms with E-state index in [9.17, 15) is 10.1 Å². The second-order valence-electron chi connectivity index (χ2n) is 5.57. The van der Waals surface area contributed by atoms with E-state index < -0.39 is 0 Å². The number of nitrogens with zero attached hydrogens (tertiary/aromatic N) is 1. The maximum Gasteiger partial charge on any atom is 0.280 e. The van der Waals surface area contributed by atoms with Crippen molar-refractivity contribution in [2.24, 2.45) is 0 Å². The van der Waals surface area contributed by atoms with Gasteiger partial charge in [-0.05, 0) is 24.3 Å². The van der Waals surface area contributed by atoms with Crippen LogP contribution in [0.25, 0.3) is 10.8 Å². The average molecular weight is 285 g/mol. The fourth-order valence-corrected chi connectivity index (χ4v) is 2.81. The van der Waals surface area contributed by atoms with Crippen molar-refractivity contribution in [3.8, 4) is 0 Å². The molecule has 0 aliphatic rings. The van der Waals surface area contributed by atoms with Gasteiger partial charge >= 0.3 is 0 Å². The molecule has 2 rings (SSSR count). The first-order chi connectivity index (χ1) is 10.2. The van der Waals surface area contributed by atoms with Crippen LogP contribution in [-0.2, 0) is 6.42 Å². The van der Waals surface area contributed by atoms with Gasteiger partial charge in [-0.2, -0.15) is 0 Å². The Labute approximate surface area is 126 Å². The third-order valence-corrected chi connectivity index (χ3v) is 3.97. The van der Waals surface area contributed by atoms with E-state index in [0.29, 0.717) is 5.69 Å². The highest BCUT2D eigenvalue weighted by Crippen LogP contribution is 2.30. The van der Waals surface area contributed by atoms with Gasteiger partial charge < -0.3 is 0 Å². The van der Waals surface area contributed by atoms with Gasteiger partial charge in [-0.25, -0.2) is 0 Å². The quantitative estimate of drug-likeness (QED) is 0.357. The van der Waals surface area contributed by atoms with Crippen LogP contribution < -0.4 is 0 Å². The molecule has 2 aromatic rings. The summed E-state index contributed by atoms with van der Waals surface area (Å²) in [5, 5.41) is 13.1. The minimum Gasteiger partial charge on any atom is -0.258 e. The average Bonchev–Trinajstić information content (AvgIpc) is 2.50. The van der Waals surface area contributed by atoms with Gasteiger partial charge in [0.15, 0.2) is 0 Å². The zero-order valence-corrected chi connectivity index (χ0v) is 12.7. The molecule has 0 aliphatic carbocycles. The fraction of sp³-hybridized carbons (Fsp3) is 0.444. The van der Waals surface area contributed by atoms with Gasteiger partial charge in [0.2, 0.25) is 0 Å². The molecular formula is C18H23NO2. The van der Waals surface area contributed by atoms with Crippen molar-refractivity contribution >= 4 is 16.5 Å². The molecule has 0 amide bonds. The van der Waals surface area contributed by atoms with Crippen LogP contribution in [0.3, 0.4) is 0 Å². The molecule has 0 aromatic heterocycles. The van der Waals surface area contributed by atoms with Gasteiger partial charge in [0.1, 0.15) is 0 Å². The maximum atomic E-state index is 11.4. The van der Waals surface area contributed by atoms with Crippen molar-refractivity contribution in [2.45, 2.75) is 51.9 Å². The van der Waals surface area contributed by atoms with E-state index in [1.54, 1.807) is 0 Å². The lowest BCUT2D eigenvalue weighted by Crippen LogP contribution is -1.97. The van der Waals surface area contributed by atoms with Crippen LogP contribution in [0, 0.1) is 10.1 Å². The fourth-order valence-electron chi connectivity index (χ4n) is 2.81. The maximum absolute atomic E-state index is 11.4. The summed E-state index contributed by atoms with van der Waals surface area (Å²) in [6, 6.07) is 11.5. The Morgan fingerprint density at radius 3 is 2.43 bits per heavy atom. The van der Waals surface area contributed by atoms with Crippen LogP contribution in [0.1, 0.15) is 51.0 Å². The standard InChI is InChI=1S/C18H23NO2/c1-2-3-4-5-6-7-11-16-14-13-15-10-8-9-12-17(15)18(16)19(20)21/h8-10,12-14H,2-7,11H2,1H3. The number of unbranched alkanes of at least 4 members (excludes halogenated alkanes) is 5. The van der Waals surface area contributed by atoms with Gasteiger partial charge in [-0.3, -0.25) is 10.1 Å². The molecule has 0 N–H and O–H groups in total. The first kappa shape index (κ1) is 15.5. The predicted molar refractivity (Wildman–Crippen MR) is 87.7 cm³/mol. The molecule has 3 nitrogen and oxygen atoms in total. The van der Waals surface area contributed by atoms with Gasteiger partial charge in [0.25, 0.3) is 5.69 Å². The highest BCUT2D eigenvalue weighted by molar-refractivity contribution is 5.92. The molecule has 3 heteroatoms. The number of hydrogen-bond acceptors (Lipinski definition) is 2. The van der Waals surface area contributed by atoms with Crippen LogP contribution in [0.15, 0.2) is 36.4 Å². The van der Waals surface area contributed by atoms with E-state index in [-0.39, 0.29) is 4.92 Å². The molecule has 0 aliphatic heterocycles. The second-order valence-corrected chi connectivity index (χ2v) is 5.57. The predicted octanol–water partition coefficient (Wildman–Crippen LogP) is 5.65. The lowest BCUT2D eigenvalue weighted by molar-refractivity contribution is -0.383. The van der Waals surface area contributed by atoms with E-state index in [2.05, 4.69) is 6.92 Å². The van der Waals surface area contributed by atoms with Crippen molar-refractivity contribution in [1.29, 1.82) is 0 Å². The van der Waals surface area contributed by atoms with Gasteiger partial charge in [0.05, 0.1) is 10.3 Å². The SMILES string of the molecule is CCCCCCCCc1ccc2ccccc2c1[N+](=O)[O-]. The molecular weight excluding hydrogens is 262 g/mol. The Hall–Kier alpha value is -1.90. The van der Waals surface area contributed by atoms with Crippen LogP contribution >= 0.6 is 0 Å². The van der Waals surface area contributed by atoms with Crippen LogP contribution in [0.5, 0.6) is 0 Å². The molecule has 0 heterocycles. The third-order valence-electron chi connectivity index (χ3n) is 3.97. The summed E-state index contributed by atoms with van der Waals surface area (Å²) in [7, 11) is 0. The summed E-state index contributed by atoms with van der Waals surface area (Å²) >= 11 is 0. The molecule has 0 unspecified atom stereocenters. The monoisotopic (exact) mass is 285 g/mol. The van der Waals surface area contributed by atoms with Gasteiger partial charge in [-0.15, -0.1) is 0 Å². The minimum atomic E-state index is -0.227. The molecule has 112 valence electrons. The summed E-state index contributed by atoms with van der Waals surface area (Å²) in [6.07, 6.45) is 8.03. The number of hydrogen-bond donors (Lipinski definition) is 0. The van der Waals surface area contributed by atoms with Crippen molar-refractivity contribution in [2.75, 3.05) is 0 Å². The molecule has 21 heavy (non-hydrogen) atoms. The van der Waals surface area contributed by atoms with Crippen LogP contribution in [-0.4, -0.2) is 4.92 Å². The van der Waals surface area contributed by atoms with E-state index in [0.717, 1.165) is 35.6 Å². The van der Waals surface area contributed by atoms with E-state index >= 15 is 0 Å². The molecule has 0 radical (unpaired) electrons. The lowest BCUT2D eigenvalue weighted by Gasteiger charge is -2.06. The summed E-state index contributed by atoms with van der Waals surface area (Å²) < 4.78 is 0. The molecule has 0 fully saturated rings. The van der Waals surface area contributed by atoms with Crippen molar-refractivity contribution in [3.63, 3.8) is 0 Å². The smallest absolute Gasteiger partial charge is 0.258 e. The van der Waals surface area contributed by atoms with E-state index in [1.165, 1.54) is 25.7 Å². The number of fused-ring (bicyclic) bond motifs is 1. The topological polar surface area (TPSA) is 43.1 Å². The lowest BCUT2D eigenvalue weighted by atomic mass is 9.99. The van der Waals surface area contributed by atoms with Crippen molar-refractivity contribution < 1.29 is 4.92 Å². The first-order valence-electron chi connectivity index (χ1n) is 7.89. The third kappa shape index (κ3) is 4.03. The summed E-state index contributed by atoms with van der Waals surface area (Å²) in [6.45, 7) is 2.21. The van der Waals surface area contributed by atoms with Crippen molar-refractivity contribution in [1.82, 2.24) is 0 Å². The van der Waals surface area contributed by atoms with Gasteiger partial charge in [0, 0.05) is 5.56 Å². The molecule has 0 spiro atoms. The molecule has 2 aromatic carbocycles. The van der Waals surface area contributed by atoms with E-state index in [4.69, 9.17) is 0 Å². The number of benzene rings is 2. The van der Waals surface area contributed by atoms with Crippen molar-refractivity contribution in [3.05, 3.63) is 52.1 Å². The highest BCUT2D eigenvalue weighted by atomic mass is 16.6. The summed E-state index contributed by atoms with van der Waals surface area (Å²) in [4.78, 5) is 11.2. The highest BCUT2D eigenvalue weighted by Gasteiger charge is 2.17. The van der Waals surface area contributed by atoms with Gasteiger partial charge in [-0.1, -0.05) is 69.4 Å². The Bertz CT molecular complexity index is 607. The molecule has 0 saturated heterocycles. The normalized spacial score (nSPS) is 10.9. The molecule has 0 atom stereocenters. The zero-order valence-electron chi connectivity index (χ0n) is 12.7. The molecule has 0 saturated carbocycles. The Kier molecular flexibility index (Phi) is 5.73. The number of rotatable bonds is 8. The molecule has 0 bridgehead atoms. The summed E-state index contributed by atoms with van der Waals surface area (Å²) in [5.74, 6) is 0. The summed E-state index contributed by atoms with van der Waals surface area (Å²) in [5.41, 5.74) is 1.16. The largest absolute Gasteiger partial charge is 0.280 e. The minimum absolute atomic E-state index is 0.227. The Morgan fingerprint density at radius 1 is 0.952 bits per heavy atom. The Morgan fingerprint density at radius 2 is 1.67 bits per heavy atom.